The third-order valence-electron chi connectivity index (χ3n) is 4.08. The van der Waals surface area contributed by atoms with Gasteiger partial charge in [-0.1, -0.05) is 31.2 Å². The second kappa shape index (κ2) is 6.31. The largest absolute Gasteiger partial charge is 0.497 e. The van der Waals surface area contributed by atoms with Gasteiger partial charge in [0.2, 0.25) is 5.82 Å². The highest BCUT2D eigenvalue weighted by Gasteiger charge is 2.11. The number of benzene rings is 2. The minimum Gasteiger partial charge on any atom is -0.497 e. The first-order valence-electron chi connectivity index (χ1n) is 7.55. The van der Waals surface area contributed by atoms with E-state index in [9.17, 15) is 14.0 Å². The van der Waals surface area contributed by atoms with Crippen LogP contribution in [0.15, 0.2) is 52.2 Å². The van der Waals surface area contributed by atoms with E-state index in [-0.39, 0.29) is 12.5 Å². The molecule has 1 heterocycles. The molecule has 1 unspecified atom stereocenters. The van der Waals surface area contributed by atoms with Gasteiger partial charge in [0.05, 0.1) is 13.3 Å². The third-order valence-corrected chi connectivity index (χ3v) is 4.08. The Kier molecular flexibility index (Phi) is 4.20. The zero-order chi connectivity index (χ0) is 17.3. The summed E-state index contributed by atoms with van der Waals surface area (Å²) in [6.07, 6.45) is 0.948. The summed E-state index contributed by atoms with van der Waals surface area (Å²) < 4.78 is 19.8. The number of nitrogens with zero attached hydrogens (tertiary/aromatic N) is 1. The molecule has 2 aromatic carbocycles. The average Bonchev–Trinajstić information content (AvgIpc) is 2.58. The number of hydrogen-bond acceptors (Lipinski definition) is 3. The maximum Gasteiger partial charge on any atom is 0.328 e. The van der Waals surface area contributed by atoms with Crippen molar-refractivity contribution in [2.45, 2.75) is 19.4 Å². The van der Waals surface area contributed by atoms with Crippen LogP contribution < -0.4 is 16.0 Å². The van der Waals surface area contributed by atoms with Crippen molar-refractivity contribution in [3.05, 3.63) is 74.8 Å². The highest BCUT2D eigenvalue weighted by atomic mass is 19.1. The zero-order valence-corrected chi connectivity index (χ0v) is 13.4. The van der Waals surface area contributed by atoms with Crippen LogP contribution in [0.1, 0.15) is 18.4 Å². The van der Waals surface area contributed by atoms with Crippen LogP contribution in [-0.2, 0) is 6.54 Å². The summed E-state index contributed by atoms with van der Waals surface area (Å²) in [4.78, 5) is 24.8. The Hall–Kier alpha value is -2.89. The molecule has 1 N–H and O–H groups in total. The molecule has 1 aromatic heterocycles. The van der Waals surface area contributed by atoms with Crippen LogP contribution in [0, 0.1) is 5.82 Å². The Morgan fingerprint density at radius 1 is 1.17 bits per heavy atom. The van der Waals surface area contributed by atoms with Gasteiger partial charge in [0, 0.05) is 6.54 Å². The fraction of sp³-hybridized carbons (Fsp3) is 0.222. The molecule has 124 valence electrons. The standard InChI is InChI=1S/C18H17FN2O3/c1-11(9-21-10-16(19)17(22)20-18(21)23)12-3-4-14-8-15(24-2)6-5-13(14)7-12/h3-8,10-11H,9H2,1-2H3,(H,20,22,23). The van der Waals surface area contributed by atoms with Gasteiger partial charge in [-0.3, -0.25) is 14.3 Å². The minimum absolute atomic E-state index is 0.0282. The number of methoxy groups -OCH3 is 1. The monoisotopic (exact) mass is 328 g/mol. The first-order chi connectivity index (χ1) is 11.5. The van der Waals surface area contributed by atoms with Gasteiger partial charge in [-0.25, -0.2) is 4.79 Å². The van der Waals surface area contributed by atoms with Gasteiger partial charge in [-0.15, -0.1) is 0 Å². The molecule has 0 bridgehead atoms. The molecule has 0 aliphatic carbocycles. The van der Waals surface area contributed by atoms with Crippen LogP contribution in [0.5, 0.6) is 5.75 Å². The Morgan fingerprint density at radius 3 is 2.62 bits per heavy atom. The Morgan fingerprint density at radius 2 is 1.88 bits per heavy atom. The lowest BCUT2D eigenvalue weighted by Crippen LogP contribution is -2.32. The molecule has 0 radical (unpaired) electrons. The van der Waals surface area contributed by atoms with Gasteiger partial charge >= 0.3 is 5.69 Å². The van der Waals surface area contributed by atoms with Crippen molar-refractivity contribution in [1.29, 1.82) is 0 Å². The fourth-order valence-corrected chi connectivity index (χ4v) is 2.69. The number of aromatic nitrogens is 2. The number of fused-ring (bicyclic) bond motifs is 1. The Balaban J connectivity index is 1.91. The maximum absolute atomic E-state index is 13.4. The van der Waals surface area contributed by atoms with Crippen molar-refractivity contribution in [3.8, 4) is 5.75 Å². The highest BCUT2D eigenvalue weighted by Crippen LogP contribution is 2.25. The van der Waals surface area contributed by atoms with Crippen molar-refractivity contribution >= 4 is 10.8 Å². The molecule has 0 aliphatic rings. The van der Waals surface area contributed by atoms with Crippen molar-refractivity contribution in [2.24, 2.45) is 0 Å². The Bertz CT molecular complexity index is 1010. The summed E-state index contributed by atoms with van der Waals surface area (Å²) in [6, 6.07) is 11.8. The normalized spacial score (nSPS) is 12.3. The molecule has 6 heteroatoms. The Labute approximate surface area is 137 Å². The smallest absolute Gasteiger partial charge is 0.328 e. The van der Waals surface area contributed by atoms with Crippen LogP contribution in [0.2, 0.25) is 0 Å². The van der Waals surface area contributed by atoms with Gasteiger partial charge in [0.25, 0.3) is 5.56 Å². The lowest BCUT2D eigenvalue weighted by Gasteiger charge is -2.14. The molecule has 0 spiro atoms. The summed E-state index contributed by atoms with van der Waals surface area (Å²) in [7, 11) is 1.62. The third kappa shape index (κ3) is 3.08. The summed E-state index contributed by atoms with van der Waals surface area (Å²) in [5.41, 5.74) is -0.589. The summed E-state index contributed by atoms with van der Waals surface area (Å²) in [6.45, 7) is 2.22. The van der Waals surface area contributed by atoms with Crippen LogP contribution in [0.25, 0.3) is 10.8 Å². The van der Waals surface area contributed by atoms with Gasteiger partial charge in [0.15, 0.2) is 0 Å². The molecule has 0 aliphatic heterocycles. The van der Waals surface area contributed by atoms with E-state index in [0.29, 0.717) is 0 Å². The molecule has 5 nitrogen and oxygen atoms in total. The number of halogens is 1. The number of ether oxygens (including phenoxy) is 1. The average molecular weight is 328 g/mol. The van der Waals surface area contributed by atoms with Crippen molar-refractivity contribution in [3.63, 3.8) is 0 Å². The molecule has 0 saturated heterocycles. The lowest BCUT2D eigenvalue weighted by atomic mass is 9.97. The number of rotatable bonds is 4. The van der Waals surface area contributed by atoms with E-state index >= 15 is 0 Å². The maximum atomic E-state index is 13.4. The number of nitrogens with one attached hydrogen (secondary N) is 1. The van der Waals surface area contributed by atoms with Crippen LogP contribution >= 0.6 is 0 Å². The zero-order valence-electron chi connectivity index (χ0n) is 13.4. The molecule has 3 aromatic rings. The first-order valence-corrected chi connectivity index (χ1v) is 7.55. The quantitative estimate of drug-likeness (QED) is 0.801. The van der Waals surface area contributed by atoms with Crippen molar-refractivity contribution in [2.75, 3.05) is 7.11 Å². The van der Waals surface area contributed by atoms with Crippen LogP contribution in [0.4, 0.5) is 4.39 Å². The van der Waals surface area contributed by atoms with E-state index in [4.69, 9.17) is 4.74 Å². The number of H-pyrrole nitrogens is 1. The van der Waals surface area contributed by atoms with Crippen molar-refractivity contribution < 1.29 is 9.13 Å². The second-order valence-corrected chi connectivity index (χ2v) is 5.76. The SMILES string of the molecule is COc1ccc2cc(C(C)Cn3cc(F)c(=O)[nH]c3=O)ccc2c1. The minimum atomic E-state index is -0.997. The second-order valence-electron chi connectivity index (χ2n) is 5.76. The fourth-order valence-electron chi connectivity index (χ4n) is 2.69. The van der Waals surface area contributed by atoms with E-state index in [1.165, 1.54) is 4.57 Å². The highest BCUT2D eigenvalue weighted by molar-refractivity contribution is 5.84. The first kappa shape index (κ1) is 16.0. The predicted octanol–water partition coefficient (Wildman–Crippen LogP) is 2.64. The van der Waals surface area contributed by atoms with E-state index in [1.807, 2.05) is 48.3 Å². The summed E-state index contributed by atoms with van der Waals surface area (Å²) in [5, 5.41) is 2.11. The molecule has 0 amide bonds. The van der Waals surface area contributed by atoms with E-state index in [1.54, 1.807) is 7.11 Å². The van der Waals surface area contributed by atoms with Crippen LogP contribution in [0.3, 0.4) is 0 Å². The van der Waals surface area contributed by atoms with E-state index in [2.05, 4.69) is 0 Å². The molecule has 24 heavy (non-hydrogen) atoms. The topological polar surface area (TPSA) is 64.1 Å². The van der Waals surface area contributed by atoms with Crippen molar-refractivity contribution in [1.82, 2.24) is 9.55 Å². The van der Waals surface area contributed by atoms with Gasteiger partial charge in [-0.2, -0.15) is 4.39 Å². The van der Waals surface area contributed by atoms with E-state index in [0.717, 1.165) is 28.3 Å². The molecule has 3 rings (SSSR count). The molecule has 0 fully saturated rings. The molecule has 1 atom stereocenters. The molecular weight excluding hydrogens is 311 g/mol. The predicted molar refractivity (Wildman–Crippen MR) is 90.2 cm³/mol. The molecule has 0 saturated carbocycles. The number of aromatic amines is 1. The summed E-state index contributed by atoms with van der Waals surface area (Å²) in [5.74, 6) is -0.203. The van der Waals surface area contributed by atoms with E-state index < -0.39 is 17.1 Å². The summed E-state index contributed by atoms with van der Waals surface area (Å²) >= 11 is 0. The lowest BCUT2D eigenvalue weighted by molar-refractivity contribution is 0.415. The van der Waals surface area contributed by atoms with Crippen LogP contribution in [-0.4, -0.2) is 16.7 Å². The molecular formula is C18H17FN2O3. The van der Waals surface area contributed by atoms with Gasteiger partial charge in [-0.05, 0) is 34.4 Å². The van der Waals surface area contributed by atoms with Gasteiger partial charge < -0.3 is 4.74 Å². The van der Waals surface area contributed by atoms with Gasteiger partial charge in [0.1, 0.15) is 5.75 Å². The number of hydrogen-bond donors (Lipinski definition) is 1.